The normalized spacial score (nSPS) is 23.1. The van der Waals surface area contributed by atoms with Crippen LogP contribution in [0.25, 0.3) is 0 Å². The quantitative estimate of drug-likeness (QED) is 0.780. The predicted octanol–water partition coefficient (Wildman–Crippen LogP) is 0.933. The van der Waals surface area contributed by atoms with Crippen molar-refractivity contribution < 1.29 is 9.53 Å². The molecule has 96 valence electrons. The number of carbonyl (C=O) groups excluding carboxylic acids is 1. The molecule has 0 aromatic heterocycles. The van der Waals surface area contributed by atoms with Gasteiger partial charge in [0.25, 0.3) is 5.91 Å². The number of rotatable bonds is 4. The van der Waals surface area contributed by atoms with Crippen molar-refractivity contribution in [2.45, 2.75) is 39.8 Å². The average Bonchev–Trinajstić information content (AvgIpc) is 2.50. The molecule has 0 heterocycles. The monoisotopic (exact) mass is 250 g/mol. The third-order valence-corrected chi connectivity index (χ3v) is 4.10. The zero-order valence-corrected chi connectivity index (χ0v) is 11.5. The first-order chi connectivity index (χ1) is 6.79. The Bertz CT molecular complexity index is 249. The molecule has 1 amide bonds. The predicted molar refractivity (Wildman–Crippen MR) is 66.6 cm³/mol. The Morgan fingerprint density at radius 1 is 1.38 bits per heavy atom. The van der Waals surface area contributed by atoms with Gasteiger partial charge in [-0.25, -0.2) is 0 Å². The summed E-state index contributed by atoms with van der Waals surface area (Å²) in [4.78, 5) is 11.7. The van der Waals surface area contributed by atoms with Crippen LogP contribution in [0.3, 0.4) is 0 Å². The lowest BCUT2D eigenvalue weighted by Crippen LogP contribution is -2.43. The molecule has 1 rings (SSSR count). The van der Waals surface area contributed by atoms with E-state index in [-0.39, 0.29) is 41.7 Å². The lowest BCUT2D eigenvalue weighted by atomic mass is 10.0. The molecule has 0 bridgehead atoms. The van der Waals surface area contributed by atoms with Gasteiger partial charge in [0.15, 0.2) is 0 Å². The van der Waals surface area contributed by atoms with Crippen molar-refractivity contribution in [1.82, 2.24) is 5.32 Å². The summed E-state index contributed by atoms with van der Waals surface area (Å²) < 4.78 is 4.99. The summed E-state index contributed by atoms with van der Waals surface area (Å²) in [5.74, 6) is -0.108. The molecule has 1 fully saturated rings. The van der Waals surface area contributed by atoms with E-state index < -0.39 is 6.10 Å². The van der Waals surface area contributed by atoms with Gasteiger partial charge in [0.2, 0.25) is 0 Å². The summed E-state index contributed by atoms with van der Waals surface area (Å²) in [6.07, 6.45) is -0.530. The number of ether oxygens (including phenoxy) is 1. The van der Waals surface area contributed by atoms with E-state index in [1.54, 1.807) is 0 Å². The molecule has 16 heavy (non-hydrogen) atoms. The summed E-state index contributed by atoms with van der Waals surface area (Å²) in [6.45, 7) is 8.84. The van der Waals surface area contributed by atoms with E-state index in [0.29, 0.717) is 0 Å². The smallest absolute Gasteiger partial charge is 0.250 e. The fourth-order valence-corrected chi connectivity index (χ4v) is 2.10. The number of nitrogens with two attached hydrogens (primary N) is 1. The van der Waals surface area contributed by atoms with E-state index >= 15 is 0 Å². The van der Waals surface area contributed by atoms with Crippen LogP contribution in [-0.2, 0) is 9.53 Å². The van der Waals surface area contributed by atoms with Crippen LogP contribution in [0.2, 0.25) is 0 Å². The molecule has 1 saturated carbocycles. The second-order valence-electron chi connectivity index (χ2n) is 5.35. The first-order valence-electron chi connectivity index (χ1n) is 5.32. The Morgan fingerprint density at radius 2 is 1.81 bits per heavy atom. The molecule has 3 N–H and O–H groups in total. The standard InChI is InChI=1S/C11H22N2O2.ClH/c1-10(2)9(11(10,3)4)13-8(14)7(6-12)15-5;/h7,9H,6,12H2,1-5H3,(H,13,14);1H. The average molecular weight is 251 g/mol. The van der Waals surface area contributed by atoms with Crippen LogP contribution in [-0.4, -0.2) is 31.7 Å². The lowest BCUT2D eigenvalue weighted by Gasteiger charge is -2.14. The SMILES string of the molecule is COC(CN)C(=O)NC1C(C)(C)C1(C)C.Cl. The molecule has 0 aromatic carbocycles. The Hall–Kier alpha value is -0.320. The maximum atomic E-state index is 11.7. The van der Waals surface area contributed by atoms with E-state index in [4.69, 9.17) is 10.5 Å². The molecule has 0 radical (unpaired) electrons. The first kappa shape index (κ1) is 15.7. The van der Waals surface area contributed by atoms with Gasteiger partial charge in [-0.2, -0.15) is 0 Å². The van der Waals surface area contributed by atoms with E-state index in [2.05, 4.69) is 33.0 Å². The molecule has 5 heteroatoms. The summed E-state index contributed by atoms with van der Waals surface area (Å²) in [5.41, 5.74) is 5.73. The third kappa shape index (κ3) is 2.34. The molecule has 1 aliphatic carbocycles. The number of hydrogen-bond acceptors (Lipinski definition) is 3. The molecule has 0 aliphatic heterocycles. The van der Waals surface area contributed by atoms with Gasteiger partial charge in [-0.1, -0.05) is 27.7 Å². The largest absolute Gasteiger partial charge is 0.370 e. The maximum absolute atomic E-state index is 11.7. The fourth-order valence-electron chi connectivity index (χ4n) is 2.10. The van der Waals surface area contributed by atoms with Crippen LogP contribution in [0.1, 0.15) is 27.7 Å². The maximum Gasteiger partial charge on any atom is 0.250 e. The van der Waals surface area contributed by atoms with Gasteiger partial charge in [0.05, 0.1) is 0 Å². The molecule has 4 nitrogen and oxygen atoms in total. The molecule has 1 aliphatic rings. The number of carbonyl (C=O) groups is 1. The molecular formula is C11H23ClN2O2. The lowest BCUT2D eigenvalue weighted by molar-refractivity contribution is -0.130. The van der Waals surface area contributed by atoms with E-state index in [0.717, 1.165) is 0 Å². The van der Waals surface area contributed by atoms with Gasteiger partial charge < -0.3 is 15.8 Å². The van der Waals surface area contributed by atoms with E-state index in [9.17, 15) is 4.79 Å². The number of amides is 1. The highest BCUT2D eigenvalue weighted by Crippen LogP contribution is 2.62. The van der Waals surface area contributed by atoms with Crippen molar-refractivity contribution in [2.75, 3.05) is 13.7 Å². The highest BCUT2D eigenvalue weighted by Gasteiger charge is 2.65. The number of nitrogens with one attached hydrogen (secondary N) is 1. The van der Waals surface area contributed by atoms with Gasteiger partial charge in [-0.3, -0.25) is 4.79 Å². The Labute approximate surface area is 104 Å². The number of methoxy groups -OCH3 is 1. The molecule has 0 spiro atoms. The van der Waals surface area contributed by atoms with Crippen molar-refractivity contribution in [3.8, 4) is 0 Å². The van der Waals surface area contributed by atoms with Crippen LogP contribution >= 0.6 is 12.4 Å². The highest BCUT2D eigenvalue weighted by atomic mass is 35.5. The van der Waals surface area contributed by atoms with Gasteiger partial charge in [0, 0.05) is 19.7 Å². The molecule has 1 atom stereocenters. The Morgan fingerprint density at radius 3 is 2.06 bits per heavy atom. The van der Waals surface area contributed by atoms with Crippen molar-refractivity contribution in [2.24, 2.45) is 16.6 Å². The number of halogens is 1. The molecule has 0 saturated heterocycles. The summed E-state index contributed by atoms with van der Waals surface area (Å²) in [5, 5.41) is 2.99. The Kier molecular flexibility index (Phi) is 4.80. The summed E-state index contributed by atoms with van der Waals surface area (Å²) >= 11 is 0. The Balaban J connectivity index is 0.00000225. The van der Waals surface area contributed by atoms with E-state index in [1.165, 1.54) is 7.11 Å². The summed E-state index contributed by atoms with van der Waals surface area (Å²) in [6, 6.07) is 0.210. The van der Waals surface area contributed by atoms with Crippen LogP contribution in [0.4, 0.5) is 0 Å². The second kappa shape index (κ2) is 4.90. The van der Waals surface area contributed by atoms with Gasteiger partial charge in [-0.05, 0) is 10.8 Å². The zero-order valence-electron chi connectivity index (χ0n) is 10.7. The van der Waals surface area contributed by atoms with Crippen LogP contribution in [0.5, 0.6) is 0 Å². The van der Waals surface area contributed by atoms with Crippen LogP contribution < -0.4 is 11.1 Å². The molecule has 0 aromatic rings. The first-order valence-corrected chi connectivity index (χ1v) is 5.32. The van der Waals surface area contributed by atoms with Crippen molar-refractivity contribution >= 4 is 18.3 Å². The minimum atomic E-state index is -0.530. The summed E-state index contributed by atoms with van der Waals surface area (Å²) in [7, 11) is 1.50. The minimum Gasteiger partial charge on any atom is -0.370 e. The molecular weight excluding hydrogens is 228 g/mol. The van der Waals surface area contributed by atoms with Crippen molar-refractivity contribution in [3.63, 3.8) is 0 Å². The highest BCUT2D eigenvalue weighted by molar-refractivity contribution is 5.85. The van der Waals surface area contributed by atoms with E-state index in [1.807, 2.05) is 0 Å². The van der Waals surface area contributed by atoms with Crippen LogP contribution in [0.15, 0.2) is 0 Å². The van der Waals surface area contributed by atoms with Gasteiger partial charge in [0.1, 0.15) is 6.10 Å². The molecule has 1 unspecified atom stereocenters. The van der Waals surface area contributed by atoms with Crippen LogP contribution in [0, 0.1) is 10.8 Å². The van der Waals surface area contributed by atoms with Gasteiger partial charge in [-0.15, -0.1) is 12.4 Å². The minimum absolute atomic E-state index is 0. The fraction of sp³-hybridized carbons (Fsp3) is 0.909. The topological polar surface area (TPSA) is 64.3 Å². The van der Waals surface area contributed by atoms with Crippen molar-refractivity contribution in [3.05, 3.63) is 0 Å². The number of hydrogen-bond donors (Lipinski definition) is 2. The second-order valence-corrected chi connectivity index (χ2v) is 5.35. The third-order valence-electron chi connectivity index (χ3n) is 4.10. The zero-order chi connectivity index (χ0) is 11.9. The van der Waals surface area contributed by atoms with Gasteiger partial charge >= 0.3 is 0 Å². The van der Waals surface area contributed by atoms with Crippen molar-refractivity contribution in [1.29, 1.82) is 0 Å².